The molecule has 1 saturated heterocycles. The predicted octanol–water partition coefficient (Wildman–Crippen LogP) is 1.79. The van der Waals surface area contributed by atoms with Gasteiger partial charge in [0.1, 0.15) is 5.75 Å². The van der Waals surface area contributed by atoms with Gasteiger partial charge >= 0.3 is 5.97 Å². The number of piperazine rings is 1. The summed E-state index contributed by atoms with van der Waals surface area (Å²) in [6.45, 7) is 3.53. The molecule has 1 aromatic carbocycles. The predicted molar refractivity (Wildman–Crippen MR) is 103 cm³/mol. The highest BCUT2D eigenvalue weighted by molar-refractivity contribution is 6.30. The highest BCUT2D eigenvalue weighted by atomic mass is 35.5. The molecule has 1 atom stereocenters. The van der Waals surface area contributed by atoms with Gasteiger partial charge < -0.3 is 19.3 Å². The van der Waals surface area contributed by atoms with Crippen molar-refractivity contribution in [2.45, 2.75) is 13.0 Å². The largest absolute Gasteiger partial charge is 0.479 e. The Labute approximate surface area is 168 Å². The Hall–Kier alpha value is -2.87. The summed E-state index contributed by atoms with van der Waals surface area (Å²) in [5.41, 5.74) is 0. The van der Waals surface area contributed by atoms with Gasteiger partial charge in [-0.05, 0) is 31.2 Å². The standard InChI is InChI=1S/C19H21ClN4O4/c1-14(28-16-5-2-4-15(20)12-16)18(26)27-13-17(25)23-8-10-24(11-9-23)19-21-6-3-7-22-19/h2-7,12,14H,8-11,13H2,1H3. The molecule has 3 rings (SSSR count). The summed E-state index contributed by atoms with van der Waals surface area (Å²) in [6.07, 6.45) is 2.52. The molecule has 9 heteroatoms. The number of esters is 1. The molecule has 2 heterocycles. The molecule has 1 aliphatic heterocycles. The summed E-state index contributed by atoms with van der Waals surface area (Å²) in [6, 6.07) is 8.48. The molecule has 1 fully saturated rings. The van der Waals surface area contributed by atoms with E-state index in [4.69, 9.17) is 21.1 Å². The van der Waals surface area contributed by atoms with E-state index in [1.165, 1.54) is 0 Å². The van der Waals surface area contributed by atoms with Gasteiger partial charge in [-0.25, -0.2) is 14.8 Å². The van der Waals surface area contributed by atoms with Crippen LogP contribution in [0.25, 0.3) is 0 Å². The molecule has 0 saturated carbocycles. The van der Waals surface area contributed by atoms with Gasteiger partial charge in [0, 0.05) is 43.6 Å². The molecule has 148 valence electrons. The van der Waals surface area contributed by atoms with E-state index in [9.17, 15) is 9.59 Å². The summed E-state index contributed by atoms with van der Waals surface area (Å²) in [4.78, 5) is 36.5. The molecule has 0 aliphatic carbocycles. The van der Waals surface area contributed by atoms with Crippen LogP contribution in [0.15, 0.2) is 42.7 Å². The Morgan fingerprint density at radius 1 is 1.14 bits per heavy atom. The number of nitrogens with zero attached hydrogens (tertiary/aromatic N) is 4. The molecule has 1 aromatic heterocycles. The fourth-order valence-electron chi connectivity index (χ4n) is 2.74. The molecule has 0 N–H and O–H groups in total. The van der Waals surface area contributed by atoms with E-state index < -0.39 is 12.1 Å². The van der Waals surface area contributed by atoms with Gasteiger partial charge in [0.25, 0.3) is 5.91 Å². The zero-order valence-corrected chi connectivity index (χ0v) is 16.2. The molecule has 1 unspecified atom stereocenters. The van der Waals surface area contributed by atoms with E-state index in [-0.39, 0.29) is 12.5 Å². The third-order valence-electron chi connectivity index (χ3n) is 4.25. The summed E-state index contributed by atoms with van der Waals surface area (Å²) in [5.74, 6) is 0.261. The van der Waals surface area contributed by atoms with E-state index in [0.717, 1.165) is 0 Å². The number of benzene rings is 1. The van der Waals surface area contributed by atoms with Crippen molar-refractivity contribution in [3.8, 4) is 5.75 Å². The lowest BCUT2D eigenvalue weighted by atomic mass is 10.3. The van der Waals surface area contributed by atoms with E-state index in [2.05, 4.69) is 9.97 Å². The van der Waals surface area contributed by atoms with Crippen LogP contribution in [0, 0.1) is 0 Å². The quantitative estimate of drug-likeness (QED) is 0.678. The number of aromatic nitrogens is 2. The Balaban J connectivity index is 1.42. The number of hydrogen-bond donors (Lipinski definition) is 0. The maximum atomic E-state index is 12.3. The van der Waals surface area contributed by atoms with Gasteiger partial charge in [-0.2, -0.15) is 0 Å². The molecule has 0 bridgehead atoms. The molecule has 1 aliphatic rings. The van der Waals surface area contributed by atoms with Crippen LogP contribution in [0.3, 0.4) is 0 Å². The first-order chi connectivity index (χ1) is 13.5. The number of carbonyl (C=O) groups excluding carboxylic acids is 2. The van der Waals surface area contributed by atoms with Gasteiger partial charge in [-0.3, -0.25) is 4.79 Å². The SMILES string of the molecule is CC(Oc1cccc(Cl)c1)C(=O)OCC(=O)N1CCN(c2ncccn2)CC1. The van der Waals surface area contributed by atoms with Crippen LogP contribution < -0.4 is 9.64 Å². The Morgan fingerprint density at radius 3 is 2.54 bits per heavy atom. The molecular formula is C19H21ClN4O4. The van der Waals surface area contributed by atoms with Crippen molar-refractivity contribution < 1.29 is 19.1 Å². The molecule has 1 amide bonds. The van der Waals surface area contributed by atoms with Gasteiger partial charge in [0.2, 0.25) is 5.95 Å². The minimum Gasteiger partial charge on any atom is -0.479 e. The van der Waals surface area contributed by atoms with Gasteiger partial charge in [-0.1, -0.05) is 17.7 Å². The minimum atomic E-state index is -0.849. The first-order valence-corrected chi connectivity index (χ1v) is 9.29. The number of ether oxygens (including phenoxy) is 2. The van der Waals surface area contributed by atoms with E-state index >= 15 is 0 Å². The van der Waals surface area contributed by atoms with Crippen molar-refractivity contribution in [1.29, 1.82) is 0 Å². The highest BCUT2D eigenvalue weighted by Crippen LogP contribution is 2.18. The number of rotatable bonds is 6. The number of carbonyl (C=O) groups is 2. The van der Waals surface area contributed by atoms with E-state index in [0.29, 0.717) is 42.9 Å². The molecule has 2 aromatic rings. The average Bonchev–Trinajstić information content (AvgIpc) is 2.72. The maximum absolute atomic E-state index is 12.3. The minimum absolute atomic E-state index is 0.239. The zero-order valence-electron chi connectivity index (χ0n) is 15.5. The number of anilines is 1. The van der Waals surface area contributed by atoms with Crippen molar-refractivity contribution >= 4 is 29.4 Å². The third-order valence-corrected chi connectivity index (χ3v) is 4.48. The lowest BCUT2D eigenvalue weighted by Gasteiger charge is -2.34. The van der Waals surface area contributed by atoms with Crippen LogP contribution in [0.1, 0.15) is 6.92 Å². The van der Waals surface area contributed by atoms with Crippen molar-refractivity contribution in [2.75, 3.05) is 37.7 Å². The molecular weight excluding hydrogens is 384 g/mol. The Morgan fingerprint density at radius 2 is 1.86 bits per heavy atom. The Kier molecular flexibility index (Phi) is 6.65. The van der Waals surface area contributed by atoms with Crippen LogP contribution >= 0.6 is 11.6 Å². The van der Waals surface area contributed by atoms with Crippen LogP contribution in [-0.2, 0) is 14.3 Å². The average molecular weight is 405 g/mol. The van der Waals surface area contributed by atoms with Crippen molar-refractivity contribution in [1.82, 2.24) is 14.9 Å². The van der Waals surface area contributed by atoms with Crippen LogP contribution in [0.5, 0.6) is 5.75 Å². The monoisotopic (exact) mass is 404 g/mol. The first kappa shape index (κ1) is 19.9. The molecule has 0 spiro atoms. The fourth-order valence-corrected chi connectivity index (χ4v) is 2.92. The lowest BCUT2D eigenvalue weighted by Crippen LogP contribution is -2.50. The topological polar surface area (TPSA) is 84.9 Å². The number of halogens is 1. The second kappa shape index (κ2) is 9.36. The second-order valence-corrected chi connectivity index (χ2v) is 6.68. The van der Waals surface area contributed by atoms with Crippen LogP contribution in [-0.4, -0.2) is 65.6 Å². The first-order valence-electron chi connectivity index (χ1n) is 8.91. The van der Waals surface area contributed by atoms with Crippen LogP contribution in [0.4, 0.5) is 5.95 Å². The number of amides is 1. The fraction of sp³-hybridized carbons (Fsp3) is 0.368. The van der Waals surface area contributed by atoms with Crippen molar-refractivity contribution in [3.63, 3.8) is 0 Å². The van der Waals surface area contributed by atoms with E-state index in [1.807, 2.05) is 4.90 Å². The second-order valence-electron chi connectivity index (χ2n) is 6.24. The summed E-state index contributed by atoms with van der Waals surface area (Å²) in [7, 11) is 0. The number of hydrogen-bond acceptors (Lipinski definition) is 7. The van der Waals surface area contributed by atoms with E-state index in [1.54, 1.807) is 54.5 Å². The van der Waals surface area contributed by atoms with Gasteiger partial charge in [-0.15, -0.1) is 0 Å². The van der Waals surface area contributed by atoms with Crippen molar-refractivity contribution in [2.24, 2.45) is 0 Å². The highest BCUT2D eigenvalue weighted by Gasteiger charge is 2.24. The maximum Gasteiger partial charge on any atom is 0.347 e. The lowest BCUT2D eigenvalue weighted by molar-refractivity contribution is -0.157. The summed E-state index contributed by atoms with van der Waals surface area (Å²) < 4.78 is 10.6. The summed E-state index contributed by atoms with van der Waals surface area (Å²) in [5, 5.41) is 0.508. The normalized spacial score (nSPS) is 15.1. The Bertz CT molecular complexity index is 813. The molecule has 8 nitrogen and oxygen atoms in total. The van der Waals surface area contributed by atoms with Gasteiger partial charge in [0.05, 0.1) is 0 Å². The van der Waals surface area contributed by atoms with Crippen LogP contribution in [0.2, 0.25) is 5.02 Å². The van der Waals surface area contributed by atoms with Gasteiger partial charge in [0.15, 0.2) is 12.7 Å². The molecule has 28 heavy (non-hydrogen) atoms. The smallest absolute Gasteiger partial charge is 0.347 e. The molecule has 0 radical (unpaired) electrons. The third kappa shape index (κ3) is 5.32. The zero-order chi connectivity index (χ0) is 19.9. The summed E-state index contributed by atoms with van der Waals surface area (Å²) >= 11 is 5.89. The van der Waals surface area contributed by atoms with Crippen molar-refractivity contribution in [3.05, 3.63) is 47.7 Å².